The molecule has 0 bridgehead atoms. The molecule has 0 atom stereocenters. The van der Waals surface area contributed by atoms with Gasteiger partial charge >= 0.3 is 0 Å². The van der Waals surface area contributed by atoms with Crippen LogP contribution in [0.4, 0.5) is 5.69 Å². The fraction of sp³-hybridized carbons (Fsp3) is 0.571. The van der Waals surface area contributed by atoms with Gasteiger partial charge in [-0.25, -0.2) is 0 Å². The highest BCUT2D eigenvalue weighted by Crippen LogP contribution is 2.31. The van der Waals surface area contributed by atoms with Gasteiger partial charge < -0.3 is 15.1 Å². The average molecular weight is 235 g/mol. The van der Waals surface area contributed by atoms with Crippen molar-refractivity contribution in [2.75, 3.05) is 18.1 Å². The number of rotatable bonds is 5. The van der Waals surface area contributed by atoms with E-state index in [0.29, 0.717) is 12.6 Å². The summed E-state index contributed by atoms with van der Waals surface area (Å²) in [4.78, 5) is 2.31. The Bertz CT molecular complexity index is 374. The third kappa shape index (κ3) is 2.61. The lowest BCUT2D eigenvalue weighted by Crippen LogP contribution is -2.42. The third-order valence-corrected chi connectivity index (χ3v) is 3.61. The average Bonchev–Trinajstić information content (AvgIpc) is 2.26. The molecule has 0 unspecified atom stereocenters. The summed E-state index contributed by atoms with van der Waals surface area (Å²) in [5, 5.41) is 18.3. The number of nitrogens with zero attached hydrogens (tertiary/aromatic N) is 1. The molecule has 1 aliphatic carbocycles. The second-order valence-corrected chi connectivity index (χ2v) is 4.78. The number of aryl methyl sites for hydroxylation is 1. The van der Waals surface area contributed by atoms with Crippen molar-refractivity contribution in [3.8, 4) is 0 Å². The molecule has 0 spiro atoms. The van der Waals surface area contributed by atoms with Crippen LogP contribution in [0.2, 0.25) is 0 Å². The zero-order valence-corrected chi connectivity index (χ0v) is 10.4. The topological polar surface area (TPSA) is 43.7 Å². The second-order valence-electron chi connectivity index (χ2n) is 4.78. The SMILES string of the molecule is Cc1cc(CO)ccc1N(CCO)C1CCC1. The van der Waals surface area contributed by atoms with Crippen LogP contribution in [-0.2, 0) is 6.61 Å². The van der Waals surface area contributed by atoms with E-state index in [1.807, 2.05) is 12.1 Å². The van der Waals surface area contributed by atoms with E-state index in [4.69, 9.17) is 5.11 Å². The Hall–Kier alpha value is -1.06. The van der Waals surface area contributed by atoms with Crippen molar-refractivity contribution < 1.29 is 10.2 Å². The van der Waals surface area contributed by atoms with Crippen molar-refractivity contribution in [3.63, 3.8) is 0 Å². The molecule has 1 aromatic carbocycles. The van der Waals surface area contributed by atoms with E-state index in [1.54, 1.807) is 0 Å². The predicted molar refractivity (Wildman–Crippen MR) is 69.2 cm³/mol. The van der Waals surface area contributed by atoms with Crippen molar-refractivity contribution in [1.29, 1.82) is 0 Å². The molecule has 0 saturated heterocycles. The van der Waals surface area contributed by atoms with Crippen LogP contribution in [0.5, 0.6) is 0 Å². The number of anilines is 1. The molecule has 94 valence electrons. The number of hydrogen-bond acceptors (Lipinski definition) is 3. The minimum Gasteiger partial charge on any atom is -0.395 e. The zero-order chi connectivity index (χ0) is 12.3. The normalized spacial score (nSPS) is 15.7. The molecule has 1 aliphatic rings. The summed E-state index contributed by atoms with van der Waals surface area (Å²) < 4.78 is 0. The molecule has 1 aromatic rings. The maximum atomic E-state index is 9.18. The second kappa shape index (κ2) is 5.52. The van der Waals surface area contributed by atoms with Crippen LogP contribution in [0.25, 0.3) is 0 Å². The summed E-state index contributed by atoms with van der Waals surface area (Å²) in [5.41, 5.74) is 3.32. The van der Waals surface area contributed by atoms with Gasteiger partial charge in [0, 0.05) is 18.3 Å². The van der Waals surface area contributed by atoms with E-state index in [2.05, 4.69) is 17.9 Å². The first-order valence-corrected chi connectivity index (χ1v) is 6.34. The first-order chi connectivity index (χ1) is 8.26. The zero-order valence-electron chi connectivity index (χ0n) is 10.4. The first kappa shape index (κ1) is 12.4. The van der Waals surface area contributed by atoms with E-state index in [1.165, 1.54) is 30.5 Å². The lowest BCUT2D eigenvalue weighted by Gasteiger charge is -2.39. The molecule has 1 fully saturated rings. The lowest BCUT2D eigenvalue weighted by atomic mass is 9.90. The fourth-order valence-corrected chi connectivity index (χ4v) is 2.44. The Kier molecular flexibility index (Phi) is 4.02. The van der Waals surface area contributed by atoms with Crippen LogP contribution >= 0.6 is 0 Å². The van der Waals surface area contributed by atoms with Gasteiger partial charge in [-0.3, -0.25) is 0 Å². The van der Waals surface area contributed by atoms with Crippen LogP contribution in [0.1, 0.15) is 30.4 Å². The molecule has 0 aromatic heterocycles. The summed E-state index contributed by atoms with van der Waals surface area (Å²) in [7, 11) is 0. The molecular formula is C14H21NO2. The molecule has 0 heterocycles. The Labute approximate surface area is 103 Å². The fourth-order valence-electron chi connectivity index (χ4n) is 2.44. The van der Waals surface area contributed by atoms with Gasteiger partial charge in [0.25, 0.3) is 0 Å². The molecule has 3 nitrogen and oxygen atoms in total. The van der Waals surface area contributed by atoms with E-state index < -0.39 is 0 Å². The predicted octanol–water partition coefficient (Wildman–Crippen LogP) is 1.84. The molecule has 1 saturated carbocycles. The Morgan fingerprint density at radius 3 is 2.53 bits per heavy atom. The maximum Gasteiger partial charge on any atom is 0.0681 e. The van der Waals surface area contributed by atoms with Gasteiger partial charge in [-0.05, 0) is 43.4 Å². The van der Waals surface area contributed by atoms with Crippen molar-refractivity contribution in [3.05, 3.63) is 29.3 Å². The molecule has 2 N–H and O–H groups in total. The van der Waals surface area contributed by atoms with E-state index in [9.17, 15) is 5.11 Å². The molecule has 0 amide bonds. The van der Waals surface area contributed by atoms with Crippen molar-refractivity contribution >= 4 is 5.69 Å². The van der Waals surface area contributed by atoms with Gasteiger partial charge in [0.05, 0.1) is 13.2 Å². The molecule has 3 heteroatoms. The highest BCUT2D eigenvalue weighted by molar-refractivity contribution is 5.55. The highest BCUT2D eigenvalue weighted by atomic mass is 16.3. The van der Waals surface area contributed by atoms with Gasteiger partial charge in [-0.2, -0.15) is 0 Å². The van der Waals surface area contributed by atoms with Crippen LogP contribution in [0, 0.1) is 6.92 Å². The molecule has 17 heavy (non-hydrogen) atoms. The Balaban J connectivity index is 2.22. The van der Waals surface area contributed by atoms with Gasteiger partial charge in [-0.1, -0.05) is 12.1 Å². The number of aliphatic hydroxyl groups excluding tert-OH is 2. The highest BCUT2D eigenvalue weighted by Gasteiger charge is 2.25. The molecule has 0 radical (unpaired) electrons. The van der Waals surface area contributed by atoms with Gasteiger partial charge in [0.1, 0.15) is 0 Å². The van der Waals surface area contributed by atoms with E-state index in [-0.39, 0.29) is 13.2 Å². The van der Waals surface area contributed by atoms with Crippen LogP contribution in [0.15, 0.2) is 18.2 Å². The monoisotopic (exact) mass is 235 g/mol. The number of benzene rings is 1. The minimum atomic E-state index is 0.0878. The number of hydrogen-bond donors (Lipinski definition) is 2. The van der Waals surface area contributed by atoms with Gasteiger partial charge in [0.15, 0.2) is 0 Å². The summed E-state index contributed by atoms with van der Waals surface area (Å²) >= 11 is 0. The molecule has 2 rings (SSSR count). The Morgan fingerprint density at radius 1 is 1.29 bits per heavy atom. The summed E-state index contributed by atoms with van der Waals surface area (Å²) in [5.74, 6) is 0. The lowest BCUT2D eigenvalue weighted by molar-refractivity contribution is 0.280. The molecular weight excluding hydrogens is 214 g/mol. The molecule has 0 aliphatic heterocycles. The van der Waals surface area contributed by atoms with Gasteiger partial charge in [-0.15, -0.1) is 0 Å². The maximum absolute atomic E-state index is 9.18. The van der Waals surface area contributed by atoms with Crippen molar-refractivity contribution in [2.24, 2.45) is 0 Å². The van der Waals surface area contributed by atoms with E-state index >= 15 is 0 Å². The van der Waals surface area contributed by atoms with Crippen molar-refractivity contribution in [1.82, 2.24) is 0 Å². The quantitative estimate of drug-likeness (QED) is 0.818. The first-order valence-electron chi connectivity index (χ1n) is 6.34. The van der Waals surface area contributed by atoms with Crippen LogP contribution in [0.3, 0.4) is 0 Å². The largest absolute Gasteiger partial charge is 0.395 e. The minimum absolute atomic E-state index is 0.0878. The summed E-state index contributed by atoms with van der Waals surface area (Å²) in [6.45, 7) is 3.05. The standard InChI is InChI=1S/C14H21NO2/c1-11-9-12(10-17)5-6-14(11)15(7-8-16)13-3-2-4-13/h5-6,9,13,16-17H,2-4,7-8,10H2,1H3. The summed E-state index contributed by atoms with van der Waals surface area (Å²) in [6.07, 6.45) is 3.74. The third-order valence-electron chi connectivity index (χ3n) is 3.61. The number of aliphatic hydroxyl groups is 2. The Morgan fingerprint density at radius 2 is 2.06 bits per heavy atom. The van der Waals surface area contributed by atoms with E-state index in [0.717, 1.165) is 5.56 Å². The van der Waals surface area contributed by atoms with Gasteiger partial charge in [0.2, 0.25) is 0 Å². The van der Waals surface area contributed by atoms with Crippen molar-refractivity contribution in [2.45, 2.75) is 38.8 Å². The smallest absolute Gasteiger partial charge is 0.0681 e. The van der Waals surface area contributed by atoms with Crippen LogP contribution < -0.4 is 4.90 Å². The summed E-state index contributed by atoms with van der Waals surface area (Å²) in [6, 6.07) is 6.64. The van der Waals surface area contributed by atoms with Crippen LogP contribution in [-0.4, -0.2) is 29.4 Å².